The summed E-state index contributed by atoms with van der Waals surface area (Å²) in [4.78, 5) is 15.0. The second-order valence-corrected chi connectivity index (χ2v) is 6.30. The van der Waals surface area contributed by atoms with E-state index in [-0.39, 0.29) is 17.5 Å². The predicted octanol–water partition coefficient (Wildman–Crippen LogP) is 2.50. The number of hydrogen-bond acceptors (Lipinski definition) is 3. The number of nitrogens with one attached hydrogen (secondary N) is 1. The molecule has 2 atom stereocenters. The molecule has 21 heavy (non-hydrogen) atoms. The maximum absolute atomic E-state index is 12.9. The summed E-state index contributed by atoms with van der Waals surface area (Å²) in [5.74, 6) is 1.11. The summed E-state index contributed by atoms with van der Waals surface area (Å²) in [7, 11) is 1.68. The smallest absolute Gasteiger partial charge is 0.243 e. The number of carbonyl (C=O) groups excluding carboxylic acids is 1. The molecule has 114 valence electrons. The number of methoxy groups -OCH3 is 1. The van der Waals surface area contributed by atoms with Crippen LogP contribution >= 0.6 is 0 Å². The lowest BCUT2D eigenvalue weighted by Crippen LogP contribution is -2.52. The van der Waals surface area contributed by atoms with E-state index in [2.05, 4.69) is 22.3 Å². The van der Waals surface area contributed by atoms with Gasteiger partial charge in [-0.05, 0) is 56.8 Å². The second-order valence-electron chi connectivity index (χ2n) is 6.30. The van der Waals surface area contributed by atoms with Crippen molar-refractivity contribution in [3.05, 3.63) is 29.8 Å². The van der Waals surface area contributed by atoms with Gasteiger partial charge in [-0.1, -0.05) is 12.1 Å². The number of carbonyl (C=O) groups is 1. The molecule has 1 aromatic carbocycles. The number of nitrogens with zero attached hydrogens (tertiary/aromatic N) is 1. The number of benzene rings is 1. The van der Waals surface area contributed by atoms with Crippen LogP contribution in [0.25, 0.3) is 0 Å². The van der Waals surface area contributed by atoms with E-state index in [1.54, 1.807) is 7.11 Å². The van der Waals surface area contributed by atoms with Crippen molar-refractivity contribution >= 4 is 5.91 Å². The van der Waals surface area contributed by atoms with Crippen molar-refractivity contribution < 1.29 is 9.53 Å². The van der Waals surface area contributed by atoms with Crippen LogP contribution in [0.5, 0.6) is 5.75 Å². The lowest BCUT2D eigenvalue weighted by molar-refractivity contribution is -0.138. The van der Waals surface area contributed by atoms with Crippen LogP contribution in [0.15, 0.2) is 24.3 Å². The molecule has 0 saturated carbocycles. The van der Waals surface area contributed by atoms with E-state index in [0.717, 1.165) is 44.5 Å². The van der Waals surface area contributed by atoms with Gasteiger partial charge >= 0.3 is 0 Å². The number of rotatable bonds is 3. The van der Waals surface area contributed by atoms with E-state index in [9.17, 15) is 4.79 Å². The Hall–Kier alpha value is -1.55. The highest BCUT2D eigenvalue weighted by Crippen LogP contribution is 2.36. The number of ether oxygens (including phenoxy) is 1. The third kappa shape index (κ3) is 2.64. The van der Waals surface area contributed by atoms with Gasteiger partial charge in [-0.3, -0.25) is 4.79 Å². The highest BCUT2D eigenvalue weighted by Gasteiger charge is 2.42. The molecule has 1 aromatic rings. The molecule has 2 unspecified atom stereocenters. The molecular formula is C17H24N2O2. The maximum atomic E-state index is 12.9. The van der Waals surface area contributed by atoms with Crippen LogP contribution in [-0.4, -0.2) is 36.5 Å². The molecule has 2 saturated heterocycles. The maximum Gasteiger partial charge on any atom is 0.243 e. The first kappa shape index (κ1) is 14.4. The summed E-state index contributed by atoms with van der Waals surface area (Å²) in [6.07, 6.45) is 4.13. The highest BCUT2D eigenvalue weighted by molar-refractivity contribution is 5.87. The Bertz CT molecular complexity index is 523. The van der Waals surface area contributed by atoms with Crippen LogP contribution in [0, 0.1) is 0 Å². The average Bonchev–Trinajstić information content (AvgIpc) is 3.16. The summed E-state index contributed by atoms with van der Waals surface area (Å²) >= 11 is 0. The molecule has 2 aliphatic heterocycles. The van der Waals surface area contributed by atoms with Crippen LogP contribution in [-0.2, 0) is 4.79 Å². The van der Waals surface area contributed by atoms with Gasteiger partial charge in [0, 0.05) is 6.54 Å². The fraction of sp³-hybridized carbons (Fsp3) is 0.588. The lowest BCUT2D eigenvalue weighted by atomic mass is 9.96. The Morgan fingerprint density at radius 1 is 1.43 bits per heavy atom. The van der Waals surface area contributed by atoms with Gasteiger partial charge in [-0.25, -0.2) is 0 Å². The Balaban J connectivity index is 1.83. The quantitative estimate of drug-likeness (QED) is 0.929. The topological polar surface area (TPSA) is 41.6 Å². The lowest BCUT2D eigenvalue weighted by Gasteiger charge is -2.33. The summed E-state index contributed by atoms with van der Waals surface area (Å²) in [5.41, 5.74) is 0.809. The van der Waals surface area contributed by atoms with Gasteiger partial charge < -0.3 is 15.0 Å². The van der Waals surface area contributed by atoms with Gasteiger partial charge in [0.2, 0.25) is 5.91 Å². The first-order valence-electron chi connectivity index (χ1n) is 7.84. The van der Waals surface area contributed by atoms with E-state index in [1.165, 1.54) is 5.56 Å². The molecule has 0 aliphatic carbocycles. The standard InChI is InChI=1S/C17H24N2O2/c1-17(9-5-10-18-17)16(20)19-11-4-8-15(19)13-6-3-7-14(12-13)21-2/h3,6-7,12,15,18H,4-5,8-11H2,1-2H3. The van der Waals surface area contributed by atoms with Gasteiger partial charge in [-0.15, -0.1) is 0 Å². The van der Waals surface area contributed by atoms with Crippen LogP contribution < -0.4 is 10.1 Å². The normalized spacial score (nSPS) is 28.9. The molecule has 2 heterocycles. The van der Waals surface area contributed by atoms with Crippen LogP contribution in [0.4, 0.5) is 0 Å². The molecule has 4 nitrogen and oxygen atoms in total. The Morgan fingerprint density at radius 2 is 2.29 bits per heavy atom. The molecule has 0 radical (unpaired) electrons. The summed E-state index contributed by atoms with van der Waals surface area (Å²) in [6.45, 7) is 3.85. The fourth-order valence-corrected chi connectivity index (χ4v) is 3.60. The highest BCUT2D eigenvalue weighted by atomic mass is 16.5. The molecule has 3 rings (SSSR count). The van der Waals surface area contributed by atoms with Crippen molar-refractivity contribution in [1.29, 1.82) is 0 Å². The van der Waals surface area contributed by atoms with Crippen molar-refractivity contribution in [3.8, 4) is 5.75 Å². The van der Waals surface area contributed by atoms with E-state index in [0.29, 0.717) is 0 Å². The van der Waals surface area contributed by atoms with Gasteiger partial charge in [-0.2, -0.15) is 0 Å². The van der Waals surface area contributed by atoms with Gasteiger partial charge in [0.05, 0.1) is 18.7 Å². The summed E-state index contributed by atoms with van der Waals surface area (Å²) < 4.78 is 5.31. The minimum absolute atomic E-state index is 0.187. The monoisotopic (exact) mass is 288 g/mol. The first-order valence-corrected chi connectivity index (χ1v) is 7.84. The minimum Gasteiger partial charge on any atom is -0.497 e. The Labute approximate surface area is 126 Å². The van der Waals surface area contributed by atoms with Crippen LogP contribution in [0.3, 0.4) is 0 Å². The van der Waals surface area contributed by atoms with Gasteiger partial charge in [0.25, 0.3) is 0 Å². The summed E-state index contributed by atoms with van der Waals surface area (Å²) in [6, 6.07) is 8.30. The summed E-state index contributed by atoms with van der Waals surface area (Å²) in [5, 5.41) is 3.39. The number of likely N-dealkylation sites (tertiary alicyclic amines) is 1. The zero-order valence-electron chi connectivity index (χ0n) is 12.9. The molecule has 0 bridgehead atoms. The van der Waals surface area contributed by atoms with Crippen molar-refractivity contribution in [3.63, 3.8) is 0 Å². The molecule has 1 amide bonds. The van der Waals surface area contributed by atoms with E-state index in [4.69, 9.17) is 4.74 Å². The minimum atomic E-state index is -0.374. The Morgan fingerprint density at radius 3 is 3.00 bits per heavy atom. The van der Waals surface area contributed by atoms with Crippen molar-refractivity contribution in [1.82, 2.24) is 10.2 Å². The number of hydrogen-bond donors (Lipinski definition) is 1. The molecule has 0 spiro atoms. The third-order valence-corrected chi connectivity index (χ3v) is 4.83. The van der Waals surface area contributed by atoms with E-state index in [1.807, 2.05) is 19.1 Å². The fourth-order valence-electron chi connectivity index (χ4n) is 3.60. The zero-order valence-corrected chi connectivity index (χ0v) is 12.9. The van der Waals surface area contributed by atoms with Crippen LogP contribution in [0.2, 0.25) is 0 Å². The largest absolute Gasteiger partial charge is 0.497 e. The Kier molecular flexibility index (Phi) is 3.89. The predicted molar refractivity (Wildman–Crippen MR) is 82.3 cm³/mol. The van der Waals surface area contributed by atoms with Crippen molar-refractivity contribution in [2.24, 2.45) is 0 Å². The average molecular weight is 288 g/mol. The SMILES string of the molecule is COc1cccc(C2CCCN2C(=O)C2(C)CCCN2)c1. The van der Waals surface area contributed by atoms with E-state index < -0.39 is 0 Å². The number of amides is 1. The zero-order chi connectivity index (χ0) is 14.9. The molecule has 2 aliphatic rings. The van der Waals surface area contributed by atoms with Gasteiger partial charge in [0.15, 0.2) is 0 Å². The van der Waals surface area contributed by atoms with E-state index >= 15 is 0 Å². The molecule has 2 fully saturated rings. The third-order valence-electron chi connectivity index (χ3n) is 4.83. The van der Waals surface area contributed by atoms with Gasteiger partial charge in [0.1, 0.15) is 5.75 Å². The molecule has 0 aromatic heterocycles. The molecule has 4 heteroatoms. The van der Waals surface area contributed by atoms with Crippen LogP contribution in [0.1, 0.15) is 44.2 Å². The second kappa shape index (κ2) is 5.68. The van der Waals surface area contributed by atoms with Crippen molar-refractivity contribution in [2.45, 2.75) is 44.2 Å². The molecular weight excluding hydrogens is 264 g/mol. The molecule has 1 N–H and O–H groups in total. The van der Waals surface area contributed by atoms with Crippen molar-refractivity contribution in [2.75, 3.05) is 20.2 Å². The first-order chi connectivity index (χ1) is 10.1.